The fourth-order valence-electron chi connectivity index (χ4n) is 4.77. The molecule has 1 amide bonds. The first-order valence-electron chi connectivity index (χ1n) is 16.3. The van der Waals surface area contributed by atoms with Crippen molar-refractivity contribution in [1.29, 1.82) is 0 Å². The molecule has 54 heavy (non-hydrogen) atoms. The molecule has 4 rings (SSSR count). The number of allylic oxidation sites excluding steroid dienone is 9. The maximum absolute atomic E-state index is 13.4. The Morgan fingerprint density at radius 3 is 1.81 bits per heavy atom. The Morgan fingerprint density at radius 1 is 0.907 bits per heavy atom. The van der Waals surface area contributed by atoms with E-state index in [9.17, 15) is 31.1 Å². The number of amides is 1. The van der Waals surface area contributed by atoms with Crippen LogP contribution in [0.5, 0.6) is 0 Å². The third-order valence-electron chi connectivity index (χ3n) is 7.07. The lowest BCUT2D eigenvalue weighted by Gasteiger charge is -2.25. The van der Waals surface area contributed by atoms with E-state index >= 15 is 0 Å². The number of hydrogen-bond donors (Lipinski definition) is 2. The minimum Gasteiger partial charge on any atom is -0.806 e. The van der Waals surface area contributed by atoms with Crippen LogP contribution in [-0.2, 0) is 28.6 Å². The number of halogens is 6. The van der Waals surface area contributed by atoms with Crippen molar-refractivity contribution in [2.24, 2.45) is 9.98 Å². The summed E-state index contributed by atoms with van der Waals surface area (Å²) in [5.41, 5.74) is 15.0. The first-order valence-corrected chi connectivity index (χ1v) is 16.3. The summed E-state index contributed by atoms with van der Waals surface area (Å²) >= 11 is 0. The Hall–Kier alpha value is -5.20. The minimum atomic E-state index is -5.19. The van der Waals surface area contributed by atoms with E-state index in [0.717, 1.165) is 45.6 Å². The maximum Gasteiger partial charge on any atom is 0.490 e. The summed E-state index contributed by atoms with van der Waals surface area (Å²) in [4.78, 5) is 40.4. The number of nitrogens with one attached hydrogen (secondary N) is 1. The zero-order valence-corrected chi connectivity index (χ0v) is 29.7. The number of carbonyl (C=O) groups is 3. The topological polar surface area (TPSA) is 181 Å². The minimum absolute atomic E-state index is 0.0147. The molecule has 1 heterocycles. The molecular weight excluding hydrogens is 730 g/mol. The van der Waals surface area contributed by atoms with E-state index in [1.165, 1.54) is 0 Å². The van der Waals surface area contributed by atoms with Gasteiger partial charge >= 0.3 is 24.2 Å². The van der Waals surface area contributed by atoms with E-state index in [-0.39, 0.29) is 19.1 Å². The molecule has 0 unspecified atom stereocenters. The van der Waals surface area contributed by atoms with Crippen LogP contribution >= 0.6 is 0 Å². The largest absolute Gasteiger partial charge is 0.806 e. The number of ether oxygens (including phenoxy) is 3. The average Bonchev–Trinajstić information content (AvgIpc) is 3.09. The highest BCUT2D eigenvalue weighted by Gasteiger charge is 2.57. The van der Waals surface area contributed by atoms with Crippen molar-refractivity contribution in [2.75, 3.05) is 52.6 Å². The smallest absolute Gasteiger partial charge is 0.490 e. The predicted molar refractivity (Wildman–Crippen MR) is 183 cm³/mol. The van der Waals surface area contributed by atoms with Crippen LogP contribution in [-0.4, -0.2) is 99.3 Å². The van der Waals surface area contributed by atoms with Crippen molar-refractivity contribution in [1.82, 2.24) is 5.32 Å². The molecule has 0 atom stereocenters. The van der Waals surface area contributed by atoms with Crippen LogP contribution in [0, 0.1) is 18.3 Å². The lowest BCUT2D eigenvalue weighted by molar-refractivity contribution is -0.344. The molecule has 1 saturated heterocycles. The number of carbonyl (C=O) groups excluding carboxylic acids is 2. The van der Waals surface area contributed by atoms with Crippen LogP contribution in [0.1, 0.15) is 27.7 Å². The van der Waals surface area contributed by atoms with Crippen molar-refractivity contribution < 1.29 is 65.1 Å². The molecule has 0 aromatic heterocycles. The summed E-state index contributed by atoms with van der Waals surface area (Å²) in [6.45, 7) is 11.3. The Balaban J connectivity index is 0.000000610. The van der Waals surface area contributed by atoms with Crippen LogP contribution in [0.25, 0.3) is 5.73 Å². The third kappa shape index (κ3) is 13.3. The fraction of sp³-hybridized carbons (Fsp3) is 0.389. The van der Waals surface area contributed by atoms with Gasteiger partial charge < -0.3 is 40.3 Å². The second-order valence-corrected chi connectivity index (χ2v) is 11.0. The molecule has 1 fully saturated rings. The number of aliphatic imine (C=N–C) groups is 2. The number of carboxylic acid groups (broad SMARTS) is 2. The normalized spacial score (nSPS) is 17.9. The highest BCUT2D eigenvalue weighted by molar-refractivity contribution is 6.13. The molecule has 291 valence electrons. The Labute approximate surface area is 308 Å². The Kier molecular flexibility index (Phi) is 17.4. The molecule has 0 bridgehead atoms. The summed E-state index contributed by atoms with van der Waals surface area (Å²) in [5, 5.41) is 18.9. The molecule has 0 aromatic rings. The van der Waals surface area contributed by atoms with E-state index in [1.54, 1.807) is 0 Å². The summed E-state index contributed by atoms with van der Waals surface area (Å²) < 4.78 is 80.5. The predicted octanol–water partition coefficient (Wildman–Crippen LogP) is 4.69. The van der Waals surface area contributed by atoms with Crippen LogP contribution in [0.4, 0.5) is 26.3 Å². The molecular formula is C36H38F6N4O8+. The number of alkyl halides is 6. The van der Waals surface area contributed by atoms with Crippen molar-refractivity contribution in [2.45, 2.75) is 40.0 Å². The van der Waals surface area contributed by atoms with Crippen molar-refractivity contribution in [3.63, 3.8) is 0 Å². The van der Waals surface area contributed by atoms with Gasteiger partial charge in [0, 0.05) is 57.5 Å². The second kappa shape index (κ2) is 20.9. The van der Waals surface area contributed by atoms with Crippen LogP contribution < -0.4 is 10.4 Å². The van der Waals surface area contributed by atoms with E-state index in [0.29, 0.717) is 56.5 Å². The zero-order valence-electron chi connectivity index (χ0n) is 29.7. The quantitative estimate of drug-likeness (QED) is 0.173. The highest BCUT2D eigenvalue weighted by atomic mass is 19.4. The van der Waals surface area contributed by atoms with Crippen LogP contribution in [0.15, 0.2) is 91.9 Å². The van der Waals surface area contributed by atoms with Crippen molar-refractivity contribution in [3.05, 3.63) is 106 Å². The van der Waals surface area contributed by atoms with E-state index in [1.807, 2.05) is 64.5 Å². The van der Waals surface area contributed by atoms with Crippen LogP contribution in [0.2, 0.25) is 0 Å². The number of nitrogens with zero attached hydrogens (tertiary/aromatic N) is 3. The number of carboxylic acids is 2. The Bertz CT molecular complexity index is 1580. The molecule has 0 spiro atoms. The van der Waals surface area contributed by atoms with E-state index in [4.69, 9.17) is 39.7 Å². The summed E-state index contributed by atoms with van der Waals surface area (Å²) in [7, 11) is 0. The molecule has 1 radical (unpaired) electrons. The molecule has 12 nitrogen and oxygen atoms in total. The molecule has 1 aliphatic heterocycles. The summed E-state index contributed by atoms with van der Waals surface area (Å²) in [6, 6.07) is 0. The van der Waals surface area contributed by atoms with Gasteiger partial charge in [-0.25, -0.2) is 4.79 Å². The molecule has 2 N–H and O–H groups in total. The molecule has 3 aliphatic carbocycles. The number of hydrogen-bond acceptors (Lipinski definition) is 9. The summed E-state index contributed by atoms with van der Waals surface area (Å²) in [5.74, 6) is -2.68. The van der Waals surface area contributed by atoms with Crippen molar-refractivity contribution >= 4 is 29.3 Å². The highest BCUT2D eigenvalue weighted by Crippen LogP contribution is 2.50. The summed E-state index contributed by atoms with van der Waals surface area (Å²) in [6.07, 6.45) is 5.54. The standard InChI is InChI=1S/C32H36N4O4.2C2HF3O2/c1-5-34-27-19-29-25(17-21(27)3)31(26-18-22(4)28(35-6-2)20-30(26)40-29)23-9-7-8-10-24(23)32(37)36-12-14-39-16-15-38-13-11-33;2*3-2(4,5)1(6)7/h7-10,17-20H,5-6,11-16H2,1-4H3;2*(H,6,7)/q+1;;. The first kappa shape index (κ1) is 45.0. The van der Waals surface area contributed by atoms with Gasteiger partial charge in [0.05, 0.1) is 37.2 Å². The number of rotatable bonds is 11. The third-order valence-corrected chi connectivity index (χ3v) is 7.07. The van der Waals surface area contributed by atoms with E-state index < -0.39 is 24.3 Å². The number of fused-ring (bicyclic) bond motifs is 2. The molecule has 18 heteroatoms. The van der Waals surface area contributed by atoms with Gasteiger partial charge in [-0.15, -0.1) is 6.54 Å². The van der Waals surface area contributed by atoms with Gasteiger partial charge in [-0.3, -0.25) is 14.8 Å². The lowest BCUT2D eigenvalue weighted by atomic mass is 9.72. The van der Waals surface area contributed by atoms with Crippen molar-refractivity contribution in [3.8, 4) is 0 Å². The molecule has 0 saturated carbocycles. The molecule has 0 aromatic carbocycles. The van der Waals surface area contributed by atoms with Gasteiger partial charge in [0.2, 0.25) is 22.8 Å². The van der Waals surface area contributed by atoms with Gasteiger partial charge in [0.1, 0.15) is 24.5 Å². The van der Waals surface area contributed by atoms with E-state index in [2.05, 4.69) is 27.5 Å². The molecule has 4 aliphatic rings. The maximum atomic E-state index is 13.4. The van der Waals surface area contributed by atoms with Gasteiger partial charge in [-0.2, -0.15) is 26.3 Å². The van der Waals surface area contributed by atoms with Gasteiger partial charge in [0.25, 0.3) is 11.3 Å². The van der Waals surface area contributed by atoms with Gasteiger partial charge in [0.15, 0.2) is 11.6 Å². The van der Waals surface area contributed by atoms with Crippen LogP contribution in [0.3, 0.4) is 0 Å². The first-order chi connectivity index (χ1) is 25.4. The lowest BCUT2D eigenvalue weighted by Crippen LogP contribution is -2.37. The average molecular weight is 769 g/mol. The van der Waals surface area contributed by atoms with Gasteiger partial charge in [-0.05, 0) is 26.3 Å². The Morgan fingerprint density at radius 2 is 1.39 bits per heavy atom. The van der Waals surface area contributed by atoms with Gasteiger partial charge in [-0.1, -0.05) is 0 Å². The zero-order chi connectivity index (χ0) is 40.6. The SMILES string of the molecule is CCN=C1C=C2OC3=CC(=NCC)C(C)=C[C+]3C(=C3[CH+]C=CC=C3C(=O)NCCOCCOCC[N-])[C+]2C=C1C.O=C(O)C(F)(F)F.O=C([O-])C(F)(F)F. The number of aliphatic carboxylic acids is 2. The monoisotopic (exact) mass is 768 g/mol. The fourth-order valence-corrected chi connectivity index (χ4v) is 4.77. The second-order valence-electron chi connectivity index (χ2n) is 11.0.